The van der Waals surface area contributed by atoms with Crippen molar-refractivity contribution in [1.82, 2.24) is 0 Å². The molecule has 4 rings (SSSR count). The minimum atomic E-state index is -0.437. The number of hydrogen-bond donors (Lipinski definition) is 0. The van der Waals surface area contributed by atoms with Crippen LogP contribution in [-0.2, 0) is 11.3 Å². The van der Waals surface area contributed by atoms with E-state index in [0.29, 0.717) is 12.4 Å². The highest BCUT2D eigenvalue weighted by molar-refractivity contribution is 6.02. The fourth-order valence-electron chi connectivity index (χ4n) is 3.14. The predicted octanol–water partition coefficient (Wildman–Crippen LogP) is 5.74. The van der Waals surface area contributed by atoms with Gasteiger partial charge in [-0.05, 0) is 25.5 Å². The van der Waals surface area contributed by atoms with Crippen LogP contribution in [0, 0.1) is 0 Å². The zero-order valence-electron chi connectivity index (χ0n) is 15.0. The predicted molar refractivity (Wildman–Crippen MR) is 105 cm³/mol. The van der Waals surface area contributed by atoms with Gasteiger partial charge in [0.15, 0.2) is 0 Å². The van der Waals surface area contributed by atoms with E-state index in [1.165, 1.54) is 0 Å². The average molecular weight is 343 g/mol. The Balaban J connectivity index is 1.60. The molecule has 0 radical (unpaired) electrons. The van der Waals surface area contributed by atoms with Gasteiger partial charge >= 0.3 is 0 Å². The highest BCUT2D eigenvalue weighted by Crippen LogP contribution is 2.38. The van der Waals surface area contributed by atoms with Crippen LogP contribution in [0.1, 0.15) is 25.0 Å². The van der Waals surface area contributed by atoms with E-state index in [2.05, 4.69) is 37.0 Å². The minimum absolute atomic E-state index is 0.437. The Hall–Kier alpha value is -3.07. The maximum absolute atomic E-state index is 6.07. The van der Waals surface area contributed by atoms with E-state index in [1.807, 2.05) is 54.6 Å². The van der Waals surface area contributed by atoms with Crippen molar-refractivity contribution in [2.24, 2.45) is 4.99 Å². The molecule has 0 amide bonds. The van der Waals surface area contributed by atoms with Crippen LogP contribution in [0.5, 0.6) is 0 Å². The van der Waals surface area contributed by atoms with Gasteiger partial charge in [-0.3, -0.25) is 0 Å². The standard InChI is InChI=1S/C23H21NO2/c1-23(2)20(14-22(26-23)24-15-17-9-5-3-6-10-17)19-13-21(25-16-19)18-11-7-4-8-12-18/h3-14,16H,15H2,1-2H3. The van der Waals surface area contributed by atoms with E-state index in [-0.39, 0.29) is 0 Å². The Labute approximate surface area is 153 Å². The lowest BCUT2D eigenvalue weighted by Crippen LogP contribution is -2.22. The van der Waals surface area contributed by atoms with Crippen LogP contribution in [0.4, 0.5) is 0 Å². The van der Waals surface area contributed by atoms with E-state index >= 15 is 0 Å². The van der Waals surface area contributed by atoms with Crippen molar-refractivity contribution in [3.8, 4) is 11.3 Å². The van der Waals surface area contributed by atoms with Gasteiger partial charge in [0, 0.05) is 22.8 Å². The normalized spacial score (nSPS) is 17.2. The summed E-state index contributed by atoms with van der Waals surface area (Å²) in [6.45, 7) is 4.72. The van der Waals surface area contributed by atoms with Gasteiger partial charge in [-0.1, -0.05) is 60.7 Å². The number of nitrogens with zero attached hydrogens (tertiary/aromatic N) is 1. The second kappa shape index (κ2) is 6.68. The van der Waals surface area contributed by atoms with Crippen molar-refractivity contribution >= 4 is 11.5 Å². The molecule has 0 fully saturated rings. The Bertz CT molecular complexity index is 950. The average Bonchev–Trinajstić information content (AvgIpc) is 3.25. The lowest BCUT2D eigenvalue weighted by molar-refractivity contribution is 0.170. The summed E-state index contributed by atoms with van der Waals surface area (Å²) in [6.07, 6.45) is 3.81. The van der Waals surface area contributed by atoms with Crippen molar-refractivity contribution in [2.75, 3.05) is 0 Å². The lowest BCUT2D eigenvalue weighted by atomic mass is 9.94. The van der Waals surface area contributed by atoms with Crippen molar-refractivity contribution in [1.29, 1.82) is 0 Å². The van der Waals surface area contributed by atoms with Crippen LogP contribution in [0.15, 0.2) is 88.5 Å². The molecule has 3 aromatic rings. The SMILES string of the molecule is CC1(C)OC(=NCc2ccccc2)C=C1c1coc(-c2ccccc2)c1. The molecule has 0 saturated carbocycles. The maximum atomic E-state index is 6.07. The molecule has 2 aromatic carbocycles. The van der Waals surface area contributed by atoms with Crippen LogP contribution in [0.3, 0.4) is 0 Å². The number of hydrogen-bond acceptors (Lipinski definition) is 3. The Kier molecular flexibility index (Phi) is 4.21. The summed E-state index contributed by atoms with van der Waals surface area (Å²) in [5, 5.41) is 0. The molecule has 3 nitrogen and oxygen atoms in total. The van der Waals surface area contributed by atoms with Gasteiger partial charge in [0.1, 0.15) is 11.4 Å². The summed E-state index contributed by atoms with van der Waals surface area (Å²) in [7, 11) is 0. The van der Waals surface area contributed by atoms with E-state index in [4.69, 9.17) is 9.15 Å². The first-order valence-electron chi connectivity index (χ1n) is 8.76. The third kappa shape index (κ3) is 3.33. The summed E-state index contributed by atoms with van der Waals surface area (Å²) >= 11 is 0. The first kappa shape index (κ1) is 16.4. The molecule has 3 heteroatoms. The molecule has 0 unspecified atom stereocenters. The van der Waals surface area contributed by atoms with Gasteiger partial charge in [0.25, 0.3) is 0 Å². The molecule has 0 atom stereocenters. The summed E-state index contributed by atoms with van der Waals surface area (Å²) in [4.78, 5) is 4.62. The highest BCUT2D eigenvalue weighted by atomic mass is 16.5. The molecular formula is C23H21NO2. The summed E-state index contributed by atoms with van der Waals surface area (Å²) in [5.41, 5.74) is 3.90. The summed E-state index contributed by atoms with van der Waals surface area (Å²) in [5.74, 6) is 1.52. The quantitative estimate of drug-likeness (QED) is 0.605. The van der Waals surface area contributed by atoms with Crippen LogP contribution in [0.25, 0.3) is 16.9 Å². The largest absolute Gasteiger partial charge is 0.467 e. The molecule has 0 spiro atoms. The molecule has 130 valence electrons. The fourth-order valence-corrected chi connectivity index (χ4v) is 3.14. The molecular weight excluding hydrogens is 322 g/mol. The zero-order valence-corrected chi connectivity index (χ0v) is 15.0. The first-order valence-corrected chi connectivity index (χ1v) is 8.76. The van der Waals surface area contributed by atoms with Crippen molar-refractivity contribution in [3.63, 3.8) is 0 Å². The summed E-state index contributed by atoms with van der Waals surface area (Å²) < 4.78 is 11.9. The zero-order chi connectivity index (χ0) is 18.0. The Morgan fingerprint density at radius 3 is 2.31 bits per heavy atom. The number of furan rings is 1. The van der Waals surface area contributed by atoms with Gasteiger partial charge in [0.2, 0.25) is 5.90 Å². The van der Waals surface area contributed by atoms with Gasteiger partial charge < -0.3 is 9.15 Å². The maximum Gasteiger partial charge on any atom is 0.210 e. The van der Waals surface area contributed by atoms with Crippen LogP contribution in [0.2, 0.25) is 0 Å². The van der Waals surface area contributed by atoms with E-state index in [1.54, 1.807) is 6.26 Å². The third-order valence-corrected chi connectivity index (χ3v) is 4.51. The highest BCUT2D eigenvalue weighted by Gasteiger charge is 2.34. The lowest BCUT2D eigenvalue weighted by Gasteiger charge is -2.21. The second-order valence-corrected chi connectivity index (χ2v) is 6.88. The van der Waals surface area contributed by atoms with Crippen molar-refractivity contribution in [3.05, 3.63) is 90.2 Å². The minimum Gasteiger partial charge on any atom is -0.467 e. The third-order valence-electron chi connectivity index (χ3n) is 4.51. The molecule has 2 heterocycles. The molecule has 0 bridgehead atoms. The topological polar surface area (TPSA) is 34.7 Å². The Morgan fingerprint density at radius 1 is 0.885 bits per heavy atom. The van der Waals surface area contributed by atoms with Crippen LogP contribution in [-0.4, -0.2) is 11.5 Å². The van der Waals surface area contributed by atoms with Crippen LogP contribution >= 0.6 is 0 Å². The van der Waals surface area contributed by atoms with Gasteiger partial charge in [0.05, 0.1) is 12.8 Å². The number of aliphatic imine (C=N–C) groups is 1. The first-order chi connectivity index (χ1) is 12.6. The van der Waals surface area contributed by atoms with Crippen LogP contribution < -0.4 is 0 Å². The number of ether oxygens (including phenoxy) is 1. The second-order valence-electron chi connectivity index (χ2n) is 6.88. The monoisotopic (exact) mass is 343 g/mol. The summed E-state index contributed by atoms with van der Waals surface area (Å²) in [6, 6.07) is 22.3. The van der Waals surface area contributed by atoms with E-state index < -0.39 is 5.60 Å². The molecule has 26 heavy (non-hydrogen) atoms. The smallest absolute Gasteiger partial charge is 0.210 e. The molecule has 0 saturated heterocycles. The molecule has 1 aromatic heterocycles. The molecule has 0 aliphatic carbocycles. The van der Waals surface area contributed by atoms with Gasteiger partial charge in [-0.15, -0.1) is 0 Å². The van der Waals surface area contributed by atoms with E-state index in [0.717, 1.165) is 28.0 Å². The van der Waals surface area contributed by atoms with Gasteiger partial charge in [-0.25, -0.2) is 4.99 Å². The Morgan fingerprint density at radius 2 is 1.58 bits per heavy atom. The molecule has 1 aliphatic heterocycles. The fraction of sp³-hybridized carbons (Fsp3) is 0.174. The number of rotatable bonds is 4. The van der Waals surface area contributed by atoms with E-state index in [9.17, 15) is 0 Å². The number of benzene rings is 2. The van der Waals surface area contributed by atoms with Crippen molar-refractivity contribution < 1.29 is 9.15 Å². The molecule has 0 N–H and O–H groups in total. The van der Waals surface area contributed by atoms with Gasteiger partial charge in [-0.2, -0.15) is 0 Å². The molecule has 1 aliphatic rings. The van der Waals surface area contributed by atoms with Crippen molar-refractivity contribution in [2.45, 2.75) is 26.0 Å².